The molecule has 1 aliphatic rings. The van der Waals surface area contributed by atoms with Crippen molar-refractivity contribution >= 4 is 0 Å². The minimum atomic E-state index is 0.709. The van der Waals surface area contributed by atoms with Crippen molar-refractivity contribution in [3.63, 3.8) is 0 Å². The second-order valence-electron chi connectivity index (χ2n) is 5.36. The Labute approximate surface area is 119 Å². The molecule has 2 aromatic rings. The van der Waals surface area contributed by atoms with Gasteiger partial charge in [0.2, 0.25) is 5.82 Å². The lowest BCUT2D eigenvalue weighted by atomic mass is 10.2. The van der Waals surface area contributed by atoms with E-state index in [2.05, 4.69) is 20.7 Å². The predicted octanol–water partition coefficient (Wildman–Crippen LogP) is 2.26. The summed E-state index contributed by atoms with van der Waals surface area (Å²) in [5, 5.41) is 16.2. The van der Waals surface area contributed by atoms with Gasteiger partial charge in [0.1, 0.15) is 0 Å². The van der Waals surface area contributed by atoms with Crippen molar-refractivity contribution in [2.24, 2.45) is 0 Å². The molecule has 0 amide bonds. The first-order valence-electron chi connectivity index (χ1n) is 7.48. The molecule has 20 heavy (non-hydrogen) atoms. The van der Waals surface area contributed by atoms with E-state index in [9.17, 15) is 0 Å². The first-order chi connectivity index (χ1) is 9.92. The van der Waals surface area contributed by atoms with Gasteiger partial charge < -0.3 is 5.32 Å². The van der Waals surface area contributed by atoms with Crippen molar-refractivity contribution in [1.82, 2.24) is 25.5 Å². The number of tetrazole rings is 1. The summed E-state index contributed by atoms with van der Waals surface area (Å²) in [6.45, 7) is 1.99. The van der Waals surface area contributed by atoms with E-state index in [0.717, 1.165) is 31.1 Å². The van der Waals surface area contributed by atoms with E-state index in [1.165, 1.54) is 25.7 Å². The molecule has 0 aliphatic heterocycles. The first kappa shape index (κ1) is 13.2. The molecule has 3 rings (SSSR count). The molecule has 1 aromatic heterocycles. The fourth-order valence-electron chi connectivity index (χ4n) is 2.19. The van der Waals surface area contributed by atoms with Gasteiger partial charge in [0.25, 0.3) is 0 Å². The van der Waals surface area contributed by atoms with Gasteiger partial charge in [0.05, 0.1) is 6.54 Å². The van der Waals surface area contributed by atoms with Crippen LogP contribution in [0.4, 0.5) is 0 Å². The van der Waals surface area contributed by atoms with E-state index < -0.39 is 0 Å². The third-order valence-electron chi connectivity index (χ3n) is 3.53. The molecular weight excluding hydrogens is 250 g/mol. The van der Waals surface area contributed by atoms with Gasteiger partial charge in [-0.25, -0.2) is 0 Å². The number of nitrogens with zero attached hydrogens (tertiary/aromatic N) is 4. The smallest absolute Gasteiger partial charge is 0.204 e. The number of aromatic nitrogens is 4. The molecule has 1 aromatic carbocycles. The molecule has 1 heterocycles. The highest BCUT2D eigenvalue weighted by Crippen LogP contribution is 2.18. The number of nitrogens with one attached hydrogen (secondary N) is 1. The standard InChI is InChI=1S/C15H21N5/c1-3-7-13(8-4-1)15-17-19-20(18-15)12-6-2-5-11-16-14-9-10-14/h1,3-4,7-8,14,16H,2,5-6,9-12H2. The van der Waals surface area contributed by atoms with Gasteiger partial charge in [-0.1, -0.05) is 36.8 Å². The molecule has 0 saturated heterocycles. The van der Waals surface area contributed by atoms with Crippen molar-refractivity contribution < 1.29 is 0 Å². The van der Waals surface area contributed by atoms with Gasteiger partial charge in [-0.15, -0.1) is 10.2 Å². The Balaban J connectivity index is 1.38. The first-order valence-corrected chi connectivity index (χ1v) is 7.48. The maximum Gasteiger partial charge on any atom is 0.204 e. The Kier molecular flexibility index (Phi) is 4.38. The maximum absolute atomic E-state index is 4.42. The zero-order valence-electron chi connectivity index (χ0n) is 11.7. The molecular formula is C15H21N5. The average molecular weight is 271 g/mol. The van der Waals surface area contributed by atoms with E-state index in [0.29, 0.717) is 5.82 Å². The van der Waals surface area contributed by atoms with Crippen LogP contribution in [-0.4, -0.2) is 32.8 Å². The normalized spacial score (nSPS) is 14.6. The molecule has 0 spiro atoms. The molecule has 1 fully saturated rings. The quantitative estimate of drug-likeness (QED) is 0.748. The summed E-state index contributed by atoms with van der Waals surface area (Å²) in [6, 6.07) is 10.8. The zero-order valence-corrected chi connectivity index (χ0v) is 11.7. The third kappa shape index (κ3) is 3.87. The number of hydrogen-bond donors (Lipinski definition) is 1. The number of unbranched alkanes of at least 4 members (excludes halogenated alkanes) is 2. The van der Waals surface area contributed by atoms with E-state index in [-0.39, 0.29) is 0 Å². The molecule has 5 heteroatoms. The minimum absolute atomic E-state index is 0.709. The van der Waals surface area contributed by atoms with E-state index in [4.69, 9.17) is 0 Å². The SMILES string of the molecule is c1ccc(-c2nnn(CCCCCNC3CC3)n2)cc1. The lowest BCUT2D eigenvalue weighted by Crippen LogP contribution is -2.17. The summed E-state index contributed by atoms with van der Waals surface area (Å²) in [5.41, 5.74) is 1.02. The van der Waals surface area contributed by atoms with Gasteiger partial charge in [-0.3, -0.25) is 0 Å². The largest absolute Gasteiger partial charge is 0.314 e. The van der Waals surface area contributed by atoms with Crippen molar-refractivity contribution in [2.75, 3.05) is 6.54 Å². The highest BCUT2D eigenvalue weighted by Gasteiger charge is 2.19. The summed E-state index contributed by atoms with van der Waals surface area (Å²) in [7, 11) is 0. The van der Waals surface area contributed by atoms with Crippen LogP contribution in [0.25, 0.3) is 11.4 Å². The summed E-state index contributed by atoms with van der Waals surface area (Å²) in [6.07, 6.45) is 6.28. The fourth-order valence-corrected chi connectivity index (χ4v) is 2.19. The van der Waals surface area contributed by atoms with Crippen molar-refractivity contribution in [1.29, 1.82) is 0 Å². The Morgan fingerprint density at radius 2 is 1.95 bits per heavy atom. The van der Waals surface area contributed by atoms with Crippen molar-refractivity contribution in [3.05, 3.63) is 30.3 Å². The van der Waals surface area contributed by atoms with Crippen LogP contribution in [0.2, 0.25) is 0 Å². The predicted molar refractivity (Wildman–Crippen MR) is 78.1 cm³/mol. The van der Waals surface area contributed by atoms with Gasteiger partial charge in [0.15, 0.2) is 0 Å². The monoisotopic (exact) mass is 271 g/mol. The Morgan fingerprint density at radius 3 is 2.75 bits per heavy atom. The van der Waals surface area contributed by atoms with Gasteiger partial charge >= 0.3 is 0 Å². The van der Waals surface area contributed by atoms with E-state index >= 15 is 0 Å². The molecule has 0 radical (unpaired) electrons. The molecule has 1 saturated carbocycles. The van der Waals surface area contributed by atoms with Crippen LogP contribution in [0, 0.1) is 0 Å². The number of benzene rings is 1. The lowest BCUT2D eigenvalue weighted by Gasteiger charge is -2.02. The van der Waals surface area contributed by atoms with Crippen LogP contribution in [0.5, 0.6) is 0 Å². The topological polar surface area (TPSA) is 55.6 Å². The summed E-state index contributed by atoms with van der Waals surface area (Å²) in [5.74, 6) is 0.709. The zero-order chi connectivity index (χ0) is 13.6. The summed E-state index contributed by atoms with van der Waals surface area (Å²) in [4.78, 5) is 1.71. The molecule has 5 nitrogen and oxygen atoms in total. The number of hydrogen-bond acceptors (Lipinski definition) is 4. The van der Waals surface area contributed by atoms with Crippen molar-refractivity contribution in [3.8, 4) is 11.4 Å². The number of aryl methyl sites for hydroxylation is 1. The summed E-state index contributed by atoms with van der Waals surface area (Å²) >= 11 is 0. The van der Waals surface area contributed by atoms with Crippen LogP contribution < -0.4 is 5.32 Å². The summed E-state index contributed by atoms with van der Waals surface area (Å²) < 4.78 is 0. The van der Waals surface area contributed by atoms with Crippen molar-refractivity contribution in [2.45, 2.75) is 44.7 Å². The molecule has 0 unspecified atom stereocenters. The van der Waals surface area contributed by atoms with Crippen LogP contribution in [0.15, 0.2) is 30.3 Å². The fraction of sp³-hybridized carbons (Fsp3) is 0.533. The van der Waals surface area contributed by atoms with Crippen LogP contribution in [0.1, 0.15) is 32.1 Å². The molecule has 1 N–H and O–H groups in total. The minimum Gasteiger partial charge on any atom is -0.314 e. The molecule has 0 bridgehead atoms. The Bertz CT molecular complexity index is 518. The maximum atomic E-state index is 4.42. The molecule has 0 atom stereocenters. The molecule has 106 valence electrons. The van der Waals surface area contributed by atoms with Crippen LogP contribution >= 0.6 is 0 Å². The number of rotatable bonds is 8. The molecule has 1 aliphatic carbocycles. The third-order valence-corrected chi connectivity index (χ3v) is 3.53. The second-order valence-corrected chi connectivity index (χ2v) is 5.36. The highest BCUT2D eigenvalue weighted by molar-refractivity contribution is 5.52. The average Bonchev–Trinajstić information content (AvgIpc) is 3.20. The van der Waals surface area contributed by atoms with Gasteiger partial charge in [-0.05, 0) is 37.4 Å². The van der Waals surface area contributed by atoms with E-state index in [1.807, 2.05) is 30.3 Å². The van der Waals surface area contributed by atoms with Crippen LogP contribution in [-0.2, 0) is 6.54 Å². The Hall–Kier alpha value is -1.75. The van der Waals surface area contributed by atoms with Crippen LogP contribution in [0.3, 0.4) is 0 Å². The Morgan fingerprint density at radius 1 is 1.10 bits per heavy atom. The highest BCUT2D eigenvalue weighted by atomic mass is 15.6. The lowest BCUT2D eigenvalue weighted by molar-refractivity contribution is 0.476. The second kappa shape index (κ2) is 6.61. The van der Waals surface area contributed by atoms with E-state index in [1.54, 1.807) is 4.80 Å². The van der Waals surface area contributed by atoms with Gasteiger partial charge in [0, 0.05) is 11.6 Å². The van der Waals surface area contributed by atoms with Gasteiger partial charge in [-0.2, -0.15) is 4.80 Å².